The maximum absolute atomic E-state index is 10.3. The Morgan fingerprint density at radius 3 is 2.29 bits per heavy atom. The number of aryl methyl sites for hydroxylation is 1. The summed E-state index contributed by atoms with van der Waals surface area (Å²) in [5.41, 5.74) is -0.289. The Kier molecular flexibility index (Phi) is 6.06. The molecule has 7 heteroatoms. The first-order chi connectivity index (χ1) is 9.95. The van der Waals surface area contributed by atoms with Crippen molar-refractivity contribution in [2.45, 2.75) is 26.2 Å². The fourth-order valence-corrected chi connectivity index (χ4v) is 1.51. The number of H-pyrrole nitrogens is 1. The highest BCUT2D eigenvalue weighted by Gasteiger charge is 2.11. The fourth-order valence-electron chi connectivity index (χ4n) is 1.51. The molecule has 2 rings (SSSR count). The number of phenolic OH excluding ortho intramolecular Hbond substituents is 3. The Bertz CT molecular complexity index is 558. The van der Waals surface area contributed by atoms with Crippen molar-refractivity contribution in [1.29, 1.82) is 0 Å². The molecule has 0 spiro atoms. The standard InChI is InChI=1S/C7H12N2.C7H6O5/c1-2-3-4-7-8-5-6-9-7;8-4-1-3(7(11)12)2-5(9)6(4)10/h5-6H,2-4H2,1H3,(H,8,9);1-2,8-10H,(H,11,12). The van der Waals surface area contributed by atoms with Gasteiger partial charge in [0.05, 0.1) is 5.56 Å². The van der Waals surface area contributed by atoms with E-state index in [0.29, 0.717) is 0 Å². The SMILES string of the molecule is CCCCc1ncc[nH]1.O=C(O)c1cc(O)c(O)c(O)c1. The molecule has 0 atom stereocenters. The minimum atomic E-state index is -1.29. The average Bonchev–Trinajstić information content (AvgIpc) is 2.95. The van der Waals surface area contributed by atoms with Gasteiger partial charge in [-0.15, -0.1) is 0 Å². The quantitative estimate of drug-likeness (QED) is 0.550. The van der Waals surface area contributed by atoms with Gasteiger partial charge in [-0.25, -0.2) is 9.78 Å². The molecule has 1 aromatic heterocycles. The van der Waals surface area contributed by atoms with Crippen molar-refractivity contribution >= 4 is 5.97 Å². The van der Waals surface area contributed by atoms with Gasteiger partial charge in [-0.1, -0.05) is 13.3 Å². The molecule has 1 aromatic carbocycles. The molecule has 0 amide bonds. The van der Waals surface area contributed by atoms with Crippen molar-refractivity contribution < 1.29 is 25.2 Å². The van der Waals surface area contributed by atoms with Crippen molar-refractivity contribution in [1.82, 2.24) is 9.97 Å². The number of aromatic nitrogens is 2. The minimum Gasteiger partial charge on any atom is -0.504 e. The summed E-state index contributed by atoms with van der Waals surface area (Å²) in [7, 11) is 0. The van der Waals surface area contributed by atoms with Crippen LogP contribution in [-0.2, 0) is 6.42 Å². The monoisotopic (exact) mass is 294 g/mol. The second-order valence-corrected chi connectivity index (χ2v) is 4.31. The Hall–Kier alpha value is -2.70. The largest absolute Gasteiger partial charge is 0.504 e. The molecule has 0 aliphatic rings. The second kappa shape index (κ2) is 7.78. The molecule has 0 saturated heterocycles. The summed E-state index contributed by atoms with van der Waals surface area (Å²) in [5, 5.41) is 35.0. The molecule has 2 aromatic rings. The van der Waals surface area contributed by atoms with E-state index in [-0.39, 0.29) is 5.56 Å². The normalized spacial score (nSPS) is 9.76. The third kappa shape index (κ3) is 5.06. The van der Waals surface area contributed by atoms with Crippen LogP contribution < -0.4 is 0 Å². The molecule has 0 aliphatic carbocycles. The van der Waals surface area contributed by atoms with Gasteiger partial charge in [0.2, 0.25) is 0 Å². The Morgan fingerprint density at radius 1 is 1.24 bits per heavy atom. The zero-order chi connectivity index (χ0) is 15.8. The van der Waals surface area contributed by atoms with Gasteiger partial charge in [-0.05, 0) is 18.6 Å². The molecule has 0 saturated carbocycles. The number of benzene rings is 1. The smallest absolute Gasteiger partial charge is 0.335 e. The number of hydrogen-bond acceptors (Lipinski definition) is 5. The zero-order valence-electron chi connectivity index (χ0n) is 11.6. The summed E-state index contributed by atoms with van der Waals surface area (Å²) in [4.78, 5) is 17.5. The van der Waals surface area contributed by atoms with Gasteiger partial charge in [-0.2, -0.15) is 0 Å². The van der Waals surface area contributed by atoms with Crippen LogP contribution in [0, 0.1) is 0 Å². The predicted octanol–water partition coefficient (Wildman–Crippen LogP) is 2.25. The van der Waals surface area contributed by atoms with Crippen LogP contribution in [0.4, 0.5) is 0 Å². The lowest BCUT2D eigenvalue weighted by atomic mass is 10.2. The van der Waals surface area contributed by atoms with Gasteiger partial charge in [-0.3, -0.25) is 0 Å². The van der Waals surface area contributed by atoms with Gasteiger partial charge >= 0.3 is 5.97 Å². The van der Waals surface area contributed by atoms with E-state index in [0.717, 1.165) is 24.4 Å². The Morgan fingerprint density at radius 2 is 1.86 bits per heavy atom. The second-order valence-electron chi connectivity index (χ2n) is 4.31. The van der Waals surface area contributed by atoms with Crippen molar-refractivity contribution in [3.8, 4) is 17.2 Å². The summed E-state index contributed by atoms with van der Waals surface area (Å²) < 4.78 is 0. The van der Waals surface area contributed by atoms with Crippen LogP contribution in [0.15, 0.2) is 24.5 Å². The number of unbranched alkanes of at least 4 members (excludes halogenated alkanes) is 1. The van der Waals surface area contributed by atoms with E-state index in [4.69, 9.17) is 20.4 Å². The summed E-state index contributed by atoms with van der Waals surface area (Å²) in [6.45, 7) is 2.18. The van der Waals surface area contributed by atoms with Crippen molar-refractivity contribution in [3.05, 3.63) is 35.9 Å². The highest BCUT2D eigenvalue weighted by atomic mass is 16.4. The molecule has 1 heterocycles. The molecule has 0 aliphatic heterocycles. The molecule has 0 fully saturated rings. The number of rotatable bonds is 4. The van der Waals surface area contributed by atoms with E-state index in [2.05, 4.69) is 16.9 Å². The molecule has 21 heavy (non-hydrogen) atoms. The maximum atomic E-state index is 10.3. The summed E-state index contributed by atoms with van der Waals surface area (Å²) >= 11 is 0. The molecule has 0 radical (unpaired) electrons. The summed E-state index contributed by atoms with van der Waals surface area (Å²) in [6.07, 6.45) is 7.22. The van der Waals surface area contributed by atoms with Crippen LogP contribution in [0.3, 0.4) is 0 Å². The van der Waals surface area contributed by atoms with Crippen LogP contribution in [0.25, 0.3) is 0 Å². The van der Waals surface area contributed by atoms with Crippen LogP contribution >= 0.6 is 0 Å². The first-order valence-electron chi connectivity index (χ1n) is 6.42. The van der Waals surface area contributed by atoms with Gasteiger partial charge in [0.15, 0.2) is 17.2 Å². The number of imidazole rings is 1. The number of nitrogens with one attached hydrogen (secondary N) is 1. The van der Waals surface area contributed by atoms with Crippen molar-refractivity contribution in [2.75, 3.05) is 0 Å². The van der Waals surface area contributed by atoms with Crippen LogP contribution in [-0.4, -0.2) is 36.4 Å². The topological polar surface area (TPSA) is 127 Å². The average molecular weight is 294 g/mol. The lowest BCUT2D eigenvalue weighted by molar-refractivity contribution is 0.0696. The summed E-state index contributed by atoms with van der Waals surface area (Å²) in [5.74, 6) is -2.22. The number of hydrogen-bond donors (Lipinski definition) is 5. The van der Waals surface area contributed by atoms with Crippen molar-refractivity contribution in [2.24, 2.45) is 0 Å². The number of nitrogens with zero attached hydrogens (tertiary/aromatic N) is 1. The molecule has 7 nitrogen and oxygen atoms in total. The zero-order valence-corrected chi connectivity index (χ0v) is 11.6. The van der Waals surface area contributed by atoms with E-state index in [1.54, 1.807) is 6.20 Å². The van der Waals surface area contributed by atoms with Gasteiger partial charge < -0.3 is 25.4 Å². The summed E-state index contributed by atoms with van der Waals surface area (Å²) in [6, 6.07) is 1.69. The van der Waals surface area contributed by atoms with Gasteiger partial charge in [0.1, 0.15) is 5.82 Å². The minimum absolute atomic E-state index is 0.289. The third-order valence-corrected chi connectivity index (χ3v) is 2.64. The van der Waals surface area contributed by atoms with Crippen LogP contribution in [0.1, 0.15) is 35.9 Å². The number of carbonyl (C=O) groups is 1. The number of carboxylic acids is 1. The molecule has 0 unspecified atom stereocenters. The maximum Gasteiger partial charge on any atom is 0.335 e. The first-order valence-corrected chi connectivity index (χ1v) is 6.42. The molecule has 5 N–H and O–H groups in total. The number of aromatic hydroxyl groups is 3. The lowest BCUT2D eigenvalue weighted by Crippen LogP contribution is -1.95. The molecular formula is C14H18N2O5. The van der Waals surface area contributed by atoms with Gasteiger partial charge in [0, 0.05) is 18.8 Å². The molecule has 114 valence electrons. The van der Waals surface area contributed by atoms with Crippen LogP contribution in [0.5, 0.6) is 17.2 Å². The Balaban J connectivity index is 0.000000219. The van der Waals surface area contributed by atoms with E-state index in [9.17, 15) is 4.79 Å². The number of aromatic carboxylic acids is 1. The molecule has 0 bridgehead atoms. The number of aromatic amines is 1. The predicted molar refractivity (Wildman–Crippen MR) is 75.6 cm³/mol. The third-order valence-electron chi connectivity index (χ3n) is 2.64. The number of carboxylic acid groups (broad SMARTS) is 1. The van der Waals surface area contributed by atoms with E-state index >= 15 is 0 Å². The van der Waals surface area contributed by atoms with E-state index in [1.165, 1.54) is 12.8 Å². The highest BCUT2D eigenvalue weighted by molar-refractivity contribution is 5.89. The van der Waals surface area contributed by atoms with Crippen LogP contribution in [0.2, 0.25) is 0 Å². The van der Waals surface area contributed by atoms with Crippen molar-refractivity contribution in [3.63, 3.8) is 0 Å². The molecular weight excluding hydrogens is 276 g/mol. The van der Waals surface area contributed by atoms with Gasteiger partial charge in [0.25, 0.3) is 0 Å². The Labute approximate surface area is 121 Å². The highest BCUT2D eigenvalue weighted by Crippen LogP contribution is 2.35. The number of phenols is 3. The fraction of sp³-hybridized carbons (Fsp3) is 0.286. The first kappa shape index (κ1) is 16.4. The lowest BCUT2D eigenvalue weighted by Gasteiger charge is -2.01. The van der Waals surface area contributed by atoms with E-state index < -0.39 is 23.2 Å². The van der Waals surface area contributed by atoms with E-state index in [1.807, 2.05) is 6.20 Å².